The minimum absolute atomic E-state index is 0.0809. The summed E-state index contributed by atoms with van der Waals surface area (Å²) in [6.07, 6.45) is -3.23. The van der Waals surface area contributed by atoms with Gasteiger partial charge in [0, 0.05) is 24.7 Å². The maximum atomic E-state index is 12.6. The Morgan fingerprint density at radius 2 is 2.00 bits per heavy atom. The van der Waals surface area contributed by atoms with Crippen molar-refractivity contribution in [2.45, 2.75) is 32.9 Å². The third-order valence-corrected chi connectivity index (χ3v) is 3.68. The standard InChI is InChI=1S/C13H15F3N4S/c1-4-17-10-5-8(19-11(20-10)7(2)3)9-6-18-12(21-9)13(14,15)16/h5-7H,4H2,1-3H3,(H,17,19,20). The molecule has 0 spiro atoms. The molecule has 0 aliphatic heterocycles. The number of halogens is 3. The molecule has 0 aromatic carbocycles. The lowest BCUT2D eigenvalue weighted by molar-refractivity contribution is -0.137. The van der Waals surface area contributed by atoms with Gasteiger partial charge in [-0.3, -0.25) is 0 Å². The third-order valence-electron chi connectivity index (χ3n) is 2.62. The molecular weight excluding hydrogens is 301 g/mol. The van der Waals surface area contributed by atoms with Crippen molar-refractivity contribution in [1.82, 2.24) is 15.0 Å². The van der Waals surface area contributed by atoms with E-state index in [9.17, 15) is 13.2 Å². The minimum atomic E-state index is -4.43. The molecule has 0 radical (unpaired) electrons. The Labute approximate surface area is 124 Å². The van der Waals surface area contributed by atoms with Crippen LogP contribution in [0, 0.1) is 0 Å². The fourth-order valence-electron chi connectivity index (χ4n) is 1.65. The molecule has 0 atom stereocenters. The van der Waals surface area contributed by atoms with Crippen molar-refractivity contribution >= 4 is 17.2 Å². The monoisotopic (exact) mass is 316 g/mol. The fraction of sp³-hybridized carbons (Fsp3) is 0.462. The molecule has 0 aliphatic rings. The molecule has 0 bridgehead atoms. The van der Waals surface area contributed by atoms with Gasteiger partial charge < -0.3 is 5.32 Å². The van der Waals surface area contributed by atoms with E-state index in [2.05, 4.69) is 20.3 Å². The molecule has 0 saturated heterocycles. The largest absolute Gasteiger partial charge is 0.443 e. The van der Waals surface area contributed by atoms with Gasteiger partial charge in [0.2, 0.25) is 0 Å². The SMILES string of the molecule is CCNc1cc(-c2cnc(C(F)(F)F)s2)nc(C(C)C)n1. The van der Waals surface area contributed by atoms with Crippen molar-refractivity contribution in [1.29, 1.82) is 0 Å². The van der Waals surface area contributed by atoms with Gasteiger partial charge in [0.05, 0.1) is 10.6 Å². The molecule has 0 amide bonds. The number of hydrogen-bond acceptors (Lipinski definition) is 5. The number of hydrogen-bond donors (Lipinski definition) is 1. The number of rotatable bonds is 4. The Hall–Kier alpha value is -1.70. The summed E-state index contributed by atoms with van der Waals surface area (Å²) in [5.74, 6) is 1.27. The number of alkyl halides is 3. The zero-order valence-corrected chi connectivity index (χ0v) is 12.6. The Balaban J connectivity index is 2.44. The molecule has 2 aromatic heterocycles. The summed E-state index contributed by atoms with van der Waals surface area (Å²) >= 11 is 0.586. The number of nitrogens with zero attached hydrogens (tertiary/aromatic N) is 3. The molecule has 0 aliphatic carbocycles. The normalized spacial score (nSPS) is 12.0. The van der Waals surface area contributed by atoms with Crippen molar-refractivity contribution in [3.8, 4) is 10.6 Å². The highest BCUT2D eigenvalue weighted by atomic mass is 32.1. The van der Waals surface area contributed by atoms with Crippen LogP contribution in [0.3, 0.4) is 0 Å². The zero-order valence-electron chi connectivity index (χ0n) is 11.8. The quantitative estimate of drug-likeness (QED) is 0.919. The van der Waals surface area contributed by atoms with Gasteiger partial charge in [-0.2, -0.15) is 13.2 Å². The van der Waals surface area contributed by atoms with Gasteiger partial charge in [-0.25, -0.2) is 15.0 Å². The number of thiazole rings is 1. The van der Waals surface area contributed by atoms with E-state index in [1.54, 1.807) is 6.07 Å². The first-order valence-electron chi connectivity index (χ1n) is 6.47. The Bertz CT molecular complexity index is 622. The van der Waals surface area contributed by atoms with Crippen LogP contribution in [0.5, 0.6) is 0 Å². The maximum Gasteiger partial charge on any atom is 0.443 e. The number of aromatic nitrogens is 3. The topological polar surface area (TPSA) is 50.7 Å². The van der Waals surface area contributed by atoms with Gasteiger partial charge in [-0.05, 0) is 6.92 Å². The highest BCUT2D eigenvalue weighted by Crippen LogP contribution is 2.36. The lowest BCUT2D eigenvalue weighted by Gasteiger charge is -2.09. The lowest BCUT2D eigenvalue weighted by atomic mass is 10.2. The van der Waals surface area contributed by atoms with Crippen LogP contribution < -0.4 is 5.32 Å². The molecule has 0 fully saturated rings. The number of anilines is 1. The van der Waals surface area contributed by atoms with Crippen LogP contribution in [0.4, 0.5) is 19.0 Å². The number of nitrogens with one attached hydrogen (secondary N) is 1. The summed E-state index contributed by atoms with van der Waals surface area (Å²) in [4.78, 5) is 12.5. The van der Waals surface area contributed by atoms with E-state index < -0.39 is 11.2 Å². The Kier molecular flexibility index (Phi) is 4.46. The first kappa shape index (κ1) is 15.7. The van der Waals surface area contributed by atoms with Crippen LogP contribution in [-0.2, 0) is 6.18 Å². The van der Waals surface area contributed by atoms with Crippen molar-refractivity contribution in [2.75, 3.05) is 11.9 Å². The van der Waals surface area contributed by atoms with Crippen molar-refractivity contribution in [2.24, 2.45) is 0 Å². The summed E-state index contributed by atoms with van der Waals surface area (Å²) in [5.41, 5.74) is 0.456. The molecule has 2 heterocycles. The van der Waals surface area contributed by atoms with Crippen molar-refractivity contribution < 1.29 is 13.2 Å². The molecular formula is C13H15F3N4S. The lowest BCUT2D eigenvalue weighted by Crippen LogP contribution is -2.05. The van der Waals surface area contributed by atoms with E-state index in [1.807, 2.05) is 20.8 Å². The average Bonchev–Trinajstić information content (AvgIpc) is 2.88. The van der Waals surface area contributed by atoms with E-state index in [-0.39, 0.29) is 5.92 Å². The second kappa shape index (κ2) is 5.97. The van der Waals surface area contributed by atoms with E-state index in [0.29, 0.717) is 40.1 Å². The molecule has 8 heteroatoms. The summed E-state index contributed by atoms with van der Waals surface area (Å²) in [7, 11) is 0. The van der Waals surface area contributed by atoms with Crippen LogP contribution in [0.15, 0.2) is 12.3 Å². The Morgan fingerprint density at radius 1 is 1.29 bits per heavy atom. The first-order chi connectivity index (χ1) is 9.81. The van der Waals surface area contributed by atoms with Crippen LogP contribution in [0.1, 0.15) is 37.5 Å². The van der Waals surface area contributed by atoms with Crippen LogP contribution in [0.25, 0.3) is 10.6 Å². The third kappa shape index (κ3) is 3.69. The van der Waals surface area contributed by atoms with Gasteiger partial charge in [-0.15, -0.1) is 11.3 Å². The minimum Gasteiger partial charge on any atom is -0.370 e. The molecule has 4 nitrogen and oxygen atoms in total. The van der Waals surface area contributed by atoms with E-state index in [1.165, 1.54) is 6.20 Å². The van der Waals surface area contributed by atoms with Crippen molar-refractivity contribution in [3.63, 3.8) is 0 Å². The molecule has 2 rings (SSSR count). The van der Waals surface area contributed by atoms with Gasteiger partial charge in [0.25, 0.3) is 0 Å². The molecule has 1 N–H and O–H groups in total. The average molecular weight is 316 g/mol. The predicted molar refractivity (Wildman–Crippen MR) is 76.4 cm³/mol. The second-order valence-electron chi connectivity index (χ2n) is 4.71. The second-order valence-corrected chi connectivity index (χ2v) is 5.74. The summed E-state index contributed by atoms with van der Waals surface area (Å²) in [6.45, 7) is 6.46. The summed E-state index contributed by atoms with van der Waals surface area (Å²) in [6, 6.07) is 1.64. The van der Waals surface area contributed by atoms with Crippen LogP contribution in [-0.4, -0.2) is 21.5 Å². The summed E-state index contributed by atoms with van der Waals surface area (Å²) in [5, 5.41) is 2.19. The molecule has 2 aromatic rings. The highest BCUT2D eigenvalue weighted by Gasteiger charge is 2.34. The van der Waals surface area contributed by atoms with Crippen molar-refractivity contribution in [3.05, 3.63) is 23.1 Å². The first-order valence-corrected chi connectivity index (χ1v) is 7.29. The van der Waals surface area contributed by atoms with E-state index in [0.717, 1.165) is 0 Å². The fourth-order valence-corrected chi connectivity index (χ4v) is 2.39. The van der Waals surface area contributed by atoms with Gasteiger partial charge in [0.1, 0.15) is 11.6 Å². The van der Waals surface area contributed by atoms with E-state index >= 15 is 0 Å². The van der Waals surface area contributed by atoms with E-state index in [4.69, 9.17) is 0 Å². The van der Waals surface area contributed by atoms with Crippen LogP contribution >= 0.6 is 11.3 Å². The smallest absolute Gasteiger partial charge is 0.370 e. The molecule has 21 heavy (non-hydrogen) atoms. The van der Waals surface area contributed by atoms with Gasteiger partial charge in [0.15, 0.2) is 5.01 Å². The van der Waals surface area contributed by atoms with Gasteiger partial charge in [-0.1, -0.05) is 13.8 Å². The molecule has 0 unspecified atom stereocenters. The predicted octanol–water partition coefficient (Wildman–Crippen LogP) is 4.17. The maximum absolute atomic E-state index is 12.6. The van der Waals surface area contributed by atoms with Crippen LogP contribution in [0.2, 0.25) is 0 Å². The summed E-state index contributed by atoms with van der Waals surface area (Å²) < 4.78 is 37.9. The van der Waals surface area contributed by atoms with Gasteiger partial charge >= 0.3 is 6.18 Å². The molecule has 114 valence electrons. The Morgan fingerprint density at radius 3 is 2.52 bits per heavy atom. The highest BCUT2D eigenvalue weighted by molar-refractivity contribution is 7.15. The molecule has 0 saturated carbocycles. The zero-order chi connectivity index (χ0) is 15.6.